The van der Waals surface area contributed by atoms with Crippen molar-refractivity contribution in [3.8, 4) is 5.75 Å². The number of nitrogens with two attached hydrogens (primary N) is 1. The maximum atomic E-state index is 10.2. The Morgan fingerprint density at radius 3 is 2.69 bits per heavy atom. The fourth-order valence-corrected chi connectivity index (χ4v) is 1.03. The number of hydrogen-bond donors (Lipinski definition) is 3. The molecule has 1 rings (SSSR count). The number of aryl methyl sites for hydroxylation is 1. The van der Waals surface area contributed by atoms with Crippen molar-refractivity contribution in [1.82, 2.24) is 0 Å². The number of aliphatic carboxylic acids is 1. The predicted molar refractivity (Wildman–Crippen MR) is 48.5 cm³/mol. The van der Waals surface area contributed by atoms with Gasteiger partial charge in [-0.15, -0.1) is 0 Å². The molecule has 0 aliphatic carbocycles. The van der Waals surface area contributed by atoms with E-state index in [0.717, 1.165) is 0 Å². The van der Waals surface area contributed by atoms with Crippen LogP contribution in [-0.2, 0) is 11.2 Å². The van der Waals surface area contributed by atoms with Gasteiger partial charge in [-0.2, -0.15) is 0 Å². The van der Waals surface area contributed by atoms with Crippen molar-refractivity contribution >= 4 is 11.7 Å². The van der Waals surface area contributed by atoms with Gasteiger partial charge in [0.05, 0.1) is 0 Å². The molecule has 0 spiro atoms. The molecular formula is C9H11NO3. The number of phenols is 1. The highest BCUT2D eigenvalue weighted by molar-refractivity contribution is 5.67. The van der Waals surface area contributed by atoms with Crippen LogP contribution in [0, 0.1) is 0 Å². The van der Waals surface area contributed by atoms with Gasteiger partial charge in [-0.1, -0.05) is 6.07 Å². The van der Waals surface area contributed by atoms with Crippen LogP contribution in [0.4, 0.5) is 5.69 Å². The number of aromatic hydroxyl groups is 1. The van der Waals surface area contributed by atoms with Crippen LogP contribution in [0.2, 0.25) is 0 Å². The number of phenolic OH excluding ortho intramolecular Hbond substituents is 1. The number of rotatable bonds is 3. The maximum absolute atomic E-state index is 10.2. The standard InChI is InChI=1S/C9H11NO3/c10-7-3-1-6(8(11)5-7)2-4-9(12)13/h1,3,5,11H,2,4,10H2,(H,12,13). The number of carboxylic acids is 1. The van der Waals surface area contributed by atoms with Crippen molar-refractivity contribution in [3.63, 3.8) is 0 Å². The summed E-state index contributed by atoms with van der Waals surface area (Å²) in [6.07, 6.45) is 0.332. The number of carbonyl (C=O) groups is 1. The van der Waals surface area contributed by atoms with Gasteiger partial charge in [-0.05, 0) is 18.1 Å². The molecule has 0 atom stereocenters. The molecule has 0 heterocycles. The van der Waals surface area contributed by atoms with Crippen LogP contribution < -0.4 is 5.73 Å². The van der Waals surface area contributed by atoms with E-state index < -0.39 is 5.97 Å². The average Bonchev–Trinajstić information content (AvgIpc) is 2.02. The Labute approximate surface area is 75.6 Å². The average molecular weight is 181 g/mol. The first-order valence-electron chi connectivity index (χ1n) is 3.89. The third kappa shape index (κ3) is 2.66. The Morgan fingerprint density at radius 2 is 2.15 bits per heavy atom. The van der Waals surface area contributed by atoms with E-state index in [-0.39, 0.29) is 12.2 Å². The molecule has 4 nitrogen and oxygen atoms in total. The number of anilines is 1. The van der Waals surface area contributed by atoms with Crippen LogP contribution in [0.1, 0.15) is 12.0 Å². The first-order valence-corrected chi connectivity index (χ1v) is 3.89. The maximum Gasteiger partial charge on any atom is 0.303 e. The minimum absolute atomic E-state index is 0.0114. The first kappa shape index (κ1) is 9.38. The predicted octanol–water partition coefficient (Wildman–Crippen LogP) is 0.992. The minimum Gasteiger partial charge on any atom is -0.508 e. The number of nitrogen functional groups attached to an aromatic ring is 1. The summed E-state index contributed by atoms with van der Waals surface area (Å²) >= 11 is 0. The third-order valence-electron chi connectivity index (χ3n) is 1.72. The van der Waals surface area contributed by atoms with E-state index >= 15 is 0 Å². The zero-order valence-corrected chi connectivity index (χ0v) is 7.03. The Kier molecular flexibility index (Phi) is 2.74. The zero-order chi connectivity index (χ0) is 9.84. The summed E-state index contributed by atoms with van der Waals surface area (Å²) in [6, 6.07) is 4.68. The van der Waals surface area contributed by atoms with Crippen molar-refractivity contribution in [2.24, 2.45) is 0 Å². The van der Waals surface area contributed by atoms with E-state index in [9.17, 15) is 9.90 Å². The van der Waals surface area contributed by atoms with Gasteiger partial charge in [0.1, 0.15) is 5.75 Å². The first-order chi connectivity index (χ1) is 6.09. The second-order valence-electron chi connectivity index (χ2n) is 2.78. The van der Waals surface area contributed by atoms with Crippen molar-refractivity contribution in [1.29, 1.82) is 0 Å². The molecule has 1 aromatic rings. The molecule has 0 aromatic heterocycles. The van der Waals surface area contributed by atoms with E-state index in [4.69, 9.17) is 10.8 Å². The van der Waals surface area contributed by atoms with E-state index in [1.54, 1.807) is 12.1 Å². The van der Waals surface area contributed by atoms with Gasteiger partial charge in [0, 0.05) is 18.2 Å². The van der Waals surface area contributed by atoms with Gasteiger partial charge < -0.3 is 15.9 Å². The number of hydrogen-bond acceptors (Lipinski definition) is 3. The Balaban J connectivity index is 2.72. The van der Waals surface area contributed by atoms with Gasteiger partial charge in [0.15, 0.2) is 0 Å². The number of carboxylic acid groups (broad SMARTS) is 1. The molecule has 0 unspecified atom stereocenters. The molecule has 0 saturated heterocycles. The van der Waals surface area contributed by atoms with Crippen LogP contribution >= 0.6 is 0 Å². The molecular weight excluding hydrogens is 170 g/mol. The van der Waals surface area contributed by atoms with Crippen LogP contribution in [0.5, 0.6) is 5.75 Å². The second kappa shape index (κ2) is 3.80. The molecule has 4 N–H and O–H groups in total. The highest BCUT2D eigenvalue weighted by Gasteiger charge is 2.03. The van der Waals surface area contributed by atoms with Gasteiger partial charge in [-0.25, -0.2) is 0 Å². The van der Waals surface area contributed by atoms with Crippen LogP contribution in [-0.4, -0.2) is 16.2 Å². The topological polar surface area (TPSA) is 83.6 Å². The van der Waals surface area contributed by atoms with E-state index in [2.05, 4.69) is 0 Å². The third-order valence-corrected chi connectivity index (χ3v) is 1.72. The lowest BCUT2D eigenvalue weighted by Gasteiger charge is -2.02. The summed E-state index contributed by atoms with van der Waals surface area (Å²) in [5, 5.41) is 17.7. The zero-order valence-electron chi connectivity index (χ0n) is 7.03. The molecule has 0 aliphatic rings. The van der Waals surface area contributed by atoms with Crippen molar-refractivity contribution in [2.75, 3.05) is 5.73 Å². The molecule has 0 radical (unpaired) electrons. The van der Waals surface area contributed by atoms with Crippen molar-refractivity contribution < 1.29 is 15.0 Å². The van der Waals surface area contributed by atoms with Gasteiger partial charge in [-0.3, -0.25) is 4.79 Å². The van der Waals surface area contributed by atoms with E-state index in [1.807, 2.05) is 0 Å². The van der Waals surface area contributed by atoms with Crippen LogP contribution in [0.25, 0.3) is 0 Å². The lowest BCUT2D eigenvalue weighted by molar-refractivity contribution is -0.136. The van der Waals surface area contributed by atoms with E-state index in [1.165, 1.54) is 6.07 Å². The Bertz CT molecular complexity index is 323. The Hall–Kier alpha value is -1.71. The van der Waals surface area contributed by atoms with Gasteiger partial charge in [0.25, 0.3) is 0 Å². The van der Waals surface area contributed by atoms with Crippen molar-refractivity contribution in [3.05, 3.63) is 23.8 Å². The van der Waals surface area contributed by atoms with Gasteiger partial charge in [0.2, 0.25) is 0 Å². The highest BCUT2D eigenvalue weighted by atomic mass is 16.4. The summed E-state index contributed by atoms with van der Waals surface area (Å²) in [5.74, 6) is -0.822. The normalized spacial score (nSPS) is 9.85. The fourth-order valence-electron chi connectivity index (χ4n) is 1.03. The SMILES string of the molecule is Nc1ccc(CCC(=O)O)c(O)c1. The molecule has 4 heteroatoms. The quantitative estimate of drug-likeness (QED) is 0.607. The minimum atomic E-state index is -0.878. The summed E-state index contributed by atoms with van der Waals surface area (Å²) < 4.78 is 0. The molecule has 0 saturated carbocycles. The summed E-state index contributed by atoms with van der Waals surface area (Å²) in [5.41, 5.74) is 6.48. The van der Waals surface area contributed by atoms with Crippen LogP contribution in [0.15, 0.2) is 18.2 Å². The fraction of sp³-hybridized carbons (Fsp3) is 0.222. The smallest absolute Gasteiger partial charge is 0.303 e. The summed E-state index contributed by atoms with van der Waals surface area (Å²) in [6.45, 7) is 0. The van der Waals surface area contributed by atoms with E-state index in [0.29, 0.717) is 17.7 Å². The molecule has 70 valence electrons. The largest absolute Gasteiger partial charge is 0.508 e. The molecule has 13 heavy (non-hydrogen) atoms. The lowest BCUT2D eigenvalue weighted by Crippen LogP contribution is -1.98. The molecule has 0 bridgehead atoms. The second-order valence-corrected chi connectivity index (χ2v) is 2.78. The Morgan fingerprint density at radius 1 is 1.46 bits per heavy atom. The number of benzene rings is 1. The monoisotopic (exact) mass is 181 g/mol. The molecule has 0 fully saturated rings. The van der Waals surface area contributed by atoms with Crippen LogP contribution in [0.3, 0.4) is 0 Å². The highest BCUT2D eigenvalue weighted by Crippen LogP contribution is 2.21. The summed E-state index contributed by atoms with van der Waals surface area (Å²) in [7, 11) is 0. The molecule has 1 aromatic carbocycles. The summed E-state index contributed by atoms with van der Waals surface area (Å²) in [4.78, 5) is 10.2. The van der Waals surface area contributed by atoms with Gasteiger partial charge >= 0.3 is 5.97 Å². The van der Waals surface area contributed by atoms with Crippen molar-refractivity contribution in [2.45, 2.75) is 12.8 Å². The molecule has 0 amide bonds. The lowest BCUT2D eigenvalue weighted by atomic mass is 10.1. The molecule has 0 aliphatic heterocycles.